The minimum Gasteiger partial charge on any atom is -0.366 e. The standard InChI is InChI=1S/C11H16N2/c1-11(2,3)9-8-12-10-6-4-5-7-13(9)10/h4-8,10,12H,1-3H3. The minimum absolute atomic E-state index is 0.206. The molecule has 0 aromatic heterocycles. The van der Waals surface area contributed by atoms with E-state index in [1.54, 1.807) is 0 Å². The average molecular weight is 176 g/mol. The van der Waals surface area contributed by atoms with Gasteiger partial charge in [0.15, 0.2) is 0 Å². The Labute approximate surface area is 79.6 Å². The van der Waals surface area contributed by atoms with Crippen molar-refractivity contribution < 1.29 is 0 Å². The maximum atomic E-state index is 3.34. The SMILES string of the molecule is CC(C)(C)C1=CNC2C=CC=CN12. The third kappa shape index (κ3) is 1.37. The fourth-order valence-electron chi connectivity index (χ4n) is 1.71. The van der Waals surface area contributed by atoms with Crippen molar-refractivity contribution in [1.82, 2.24) is 10.2 Å². The first-order chi connectivity index (χ1) is 6.09. The molecule has 0 amide bonds. The summed E-state index contributed by atoms with van der Waals surface area (Å²) in [6.45, 7) is 6.69. The lowest BCUT2D eigenvalue weighted by molar-refractivity contribution is 0.316. The average Bonchev–Trinajstić information content (AvgIpc) is 2.45. The van der Waals surface area contributed by atoms with Crippen LogP contribution in [0.5, 0.6) is 0 Å². The molecule has 0 aromatic carbocycles. The number of nitrogens with zero attached hydrogens (tertiary/aromatic N) is 1. The van der Waals surface area contributed by atoms with E-state index in [1.165, 1.54) is 5.70 Å². The van der Waals surface area contributed by atoms with Crippen molar-refractivity contribution in [3.63, 3.8) is 0 Å². The Morgan fingerprint density at radius 3 is 2.77 bits per heavy atom. The predicted molar refractivity (Wildman–Crippen MR) is 54.6 cm³/mol. The highest BCUT2D eigenvalue weighted by molar-refractivity contribution is 5.26. The van der Waals surface area contributed by atoms with E-state index < -0.39 is 0 Å². The van der Waals surface area contributed by atoms with Gasteiger partial charge < -0.3 is 10.2 Å². The molecule has 0 fully saturated rings. The lowest BCUT2D eigenvalue weighted by Gasteiger charge is -2.32. The van der Waals surface area contributed by atoms with E-state index in [2.05, 4.69) is 61.6 Å². The minimum atomic E-state index is 0.206. The third-order valence-electron chi connectivity index (χ3n) is 2.39. The zero-order valence-electron chi connectivity index (χ0n) is 8.41. The Hall–Kier alpha value is -1.18. The number of hydrogen-bond donors (Lipinski definition) is 1. The van der Waals surface area contributed by atoms with Crippen molar-refractivity contribution in [3.8, 4) is 0 Å². The second-order valence-corrected chi connectivity index (χ2v) is 4.52. The Morgan fingerprint density at radius 2 is 2.08 bits per heavy atom. The van der Waals surface area contributed by atoms with Crippen molar-refractivity contribution >= 4 is 0 Å². The first-order valence-electron chi connectivity index (χ1n) is 4.69. The van der Waals surface area contributed by atoms with Gasteiger partial charge in [0.2, 0.25) is 0 Å². The second kappa shape index (κ2) is 2.66. The molecule has 0 radical (unpaired) electrons. The van der Waals surface area contributed by atoms with Gasteiger partial charge in [0.25, 0.3) is 0 Å². The van der Waals surface area contributed by atoms with E-state index in [-0.39, 0.29) is 5.41 Å². The van der Waals surface area contributed by atoms with Gasteiger partial charge in [0.05, 0.1) is 0 Å². The Morgan fingerprint density at radius 1 is 1.31 bits per heavy atom. The molecule has 2 nitrogen and oxygen atoms in total. The van der Waals surface area contributed by atoms with Crippen LogP contribution in [0.3, 0.4) is 0 Å². The number of allylic oxidation sites excluding steroid dienone is 3. The molecule has 0 aliphatic carbocycles. The third-order valence-corrected chi connectivity index (χ3v) is 2.39. The summed E-state index contributed by atoms with van der Waals surface area (Å²) < 4.78 is 0. The molecule has 1 unspecified atom stereocenters. The summed E-state index contributed by atoms with van der Waals surface area (Å²) in [4.78, 5) is 2.28. The molecule has 2 aliphatic rings. The molecule has 0 spiro atoms. The van der Waals surface area contributed by atoms with Crippen molar-refractivity contribution in [2.45, 2.75) is 26.9 Å². The summed E-state index contributed by atoms with van der Waals surface area (Å²) in [5.41, 5.74) is 1.55. The maximum absolute atomic E-state index is 3.34. The van der Waals surface area contributed by atoms with Gasteiger partial charge in [-0.2, -0.15) is 0 Å². The molecule has 13 heavy (non-hydrogen) atoms. The lowest BCUT2D eigenvalue weighted by Crippen LogP contribution is -2.34. The van der Waals surface area contributed by atoms with Gasteiger partial charge in [-0.1, -0.05) is 26.8 Å². The van der Waals surface area contributed by atoms with Gasteiger partial charge in [-0.15, -0.1) is 0 Å². The summed E-state index contributed by atoms with van der Waals surface area (Å²) in [7, 11) is 0. The van der Waals surface area contributed by atoms with E-state index in [4.69, 9.17) is 0 Å². The number of rotatable bonds is 0. The summed E-state index contributed by atoms with van der Waals surface area (Å²) in [5, 5.41) is 3.34. The van der Waals surface area contributed by atoms with Crippen LogP contribution < -0.4 is 5.32 Å². The zero-order valence-corrected chi connectivity index (χ0v) is 8.41. The fraction of sp³-hybridized carbons (Fsp3) is 0.455. The Kier molecular flexibility index (Phi) is 1.72. The molecular formula is C11H16N2. The van der Waals surface area contributed by atoms with E-state index in [9.17, 15) is 0 Å². The van der Waals surface area contributed by atoms with Crippen LogP contribution in [0.25, 0.3) is 0 Å². The van der Waals surface area contributed by atoms with E-state index >= 15 is 0 Å². The Balaban J connectivity index is 2.25. The number of nitrogens with one attached hydrogen (secondary N) is 1. The van der Waals surface area contributed by atoms with Gasteiger partial charge in [0.1, 0.15) is 6.17 Å². The van der Waals surface area contributed by atoms with Crippen LogP contribution in [0, 0.1) is 5.41 Å². The van der Waals surface area contributed by atoms with Crippen LogP contribution in [0.1, 0.15) is 20.8 Å². The van der Waals surface area contributed by atoms with Gasteiger partial charge >= 0.3 is 0 Å². The Bertz CT molecular complexity index is 292. The maximum Gasteiger partial charge on any atom is 0.122 e. The quantitative estimate of drug-likeness (QED) is 0.608. The molecule has 0 saturated heterocycles. The topological polar surface area (TPSA) is 15.3 Å². The van der Waals surface area contributed by atoms with Gasteiger partial charge in [-0.3, -0.25) is 0 Å². The van der Waals surface area contributed by atoms with Crippen molar-refractivity contribution in [2.75, 3.05) is 0 Å². The molecular weight excluding hydrogens is 160 g/mol. The summed E-state index contributed by atoms with van der Waals surface area (Å²) in [6.07, 6.45) is 10.9. The summed E-state index contributed by atoms with van der Waals surface area (Å²) in [6, 6.07) is 0. The van der Waals surface area contributed by atoms with Crippen LogP contribution in [0.2, 0.25) is 0 Å². The molecule has 0 bridgehead atoms. The first kappa shape index (κ1) is 8.42. The molecule has 1 atom stereocenters. The summed E-state index contributed by atoms with van der Waals surface area (Å²) in [5.74, 6) is 0. The predicted octanol–water partition coefficient (Wildman–Crippen LogP) is 2.19. The van der Waals surface area contributed by atoms with Gasteiger partial charge in [-0.25, -0.2) is 0 Å². The molecule has 2 heteroatoms. The van der Waals surface area contributed by atoms with Gasteiger partial charge in [0, 0.05) is 23.5 Å². The van der Waals surface area contributed by atoms with Gasteiger partial charge in [-0.05, 0) is 12.2 Å². The van der Waals surface area contributed by atoms with Crippen LogP contribution in [-0.4, -0.2) is 11.1 Å². The zero-order chi connectivity index (χ0) is 9.47. The second-order valence-electron chi connectivity index (χ2n) is 4.52. The van der Waals surface area contributed by atoms with Crippen LogP contribution in [-0.2, 0) is 0 Å². The normalized spacial score (nSPS) is 25.6. The lowest BCUT2D eigenvalue weighted by atomic mass is 9.92. The fourth-order valence-corrected chi connectivity index (χ4v) is 1.71. The van der Waals surface area contributed by atoms with E-state index in [0.717, 1.165) is 0 Å². The highest BCUT2D eigenvalue weighted by Gasteiger charge is 2.30. The largest absolute Gasteiger partial charge is 0.366 e. The number of hydrogen-bond acceptors (Lipinski definition) is 2. The highest BCUT2D eigenvalue weighted by atomic mass is 15.3. The molecule has 2 aliphatic heterocycles. The van der Waals surface area contributed by atoms with Crippen molar-refractivity contribution in [2.24, 2.45) is 5.41 Å². The number of fused-ring (bicyclic) bond motifs is 1. The molecule has 2 rings (SSSR count). The van der Waals surface area contributed by atoms with Crippen molar-refractivity contribution in [3.05, 3.63) is 36.3 Å². The molecule has 0 saturated carbocycles. The molecule has 0 aromatic rings. The van der Waals surface area contributed by atoms with Crippen LogP contribution in [0.4, 0.5) is 0 Å². The first-order valence-corrected chi connectivity index (χ1v) is 4.69. The molecule has 2 heterocycles. The van der Waals surface area contributed by atoms with Crippen LogP contribution >= 0.6 is 0 Å². The van der Waals surface area contributed by atoms with Crippen LogP contribution in [0.15, 0.2) is 36.3 Å². The van der Waals surface area contributed by atoms with E-state index in [0.29, 0.717) is 6.17 Å². The smallest absolute Gasteiger partial charge is 0.122 e. The summed E-state index contributed by atoms with van der Waals surface area (Å²) >= 11 is 0. The van der Waals surface area contributed by atoms with E-state index in [1.807, 2.05) is 0 Å². The van der Waals surface area contributed by atoms with Crippen molar-refractivity contribution in [1.29, 1.82) is 0 Å². The molecule has 70 valence electrons. The highest BCUT2D eigenvalue weighted by Crippen LogP contribution is 2.33. The molecule has 1 N–H and O–H groups in total. The monoisotopic (exact) mass is 176 g/mol.